The van der Waals surface area contributed by atoms with E-state index in [0.717, 1.165) is 120 Å². The summed E-state index contributed by atoms with van der Waals surface area (Å²) in [5.74, 6) is -0.914. The van der Waals surface area contributed by atoms with E-state index in [1.54, 1.807) is 24.3 Å². The molecule has 3 aliphatic carbocycles. The fourth-order valence-electron chi connectivity index (χ4n) is 14.2. The molecule has 27 heteroatoms. The van der Waals surface area contributed by atoms with Gasteiger partial charge in [-0.1, -0.05) is 241 Å². The molecular weight excluding hydrogens is 1890 g/mol. The topological polar surface area (TPSA) is 254 Å². The Morgan fingerprint density at radius 3 is 1.25 bits per heavy atom. The van der Waals surface area contributed by atoms with Gasteiger partial charge in [-0.2, -0.15) is 13.2 Å². The van der Waals surface area contributed by atoms with Gasteiger partial charge in [0.1, 0.15) is 30.7 Å². The smallest absolute Gasteiger partial charge is 0.416 e. The van der Waals surface area contributed by atoms with Gasteiger partial charge < -0.3 is 79.4 Å². The van der Waals surface area contributed by atoms with Crippen LogP contribution in [0.15, 0.2) is 218 Å². The average molecular weight is 2050 g/mol. The third-order valence-electron chi connectivity index (χ3n) is 21.8. The van der Waals surface area contributed by atoms with Crippen molar-refractivity contribution >= 4 is 52.5 Å². The highest BCUT2D eigenvalue weighted by Gasteiger charge is 2.32. The number of benzene rings is 10. The molecule has 0 spiro atoms. The summed E-state index contributed by atoms with van der Waals surface area (Å²) in [4.78, 5) is 33.7. The Bertz CT molecular complexity index is 5380. The highest BCUT2D eigenvalue weighted by Crippen LogP contribution is 2.34. The zero-order valence-electron chi connectivity index (χ0n) is 89.2. The summed E-state index contributed by atoms with van der Waals surface area (Å²) in [5, 5.41) is 38.6. The lowest BCUT2D eigenvalue weighted by Crippen LogP contribution is -2.35. The van der Waals surface area contributed by atoms with Crippen LogP contribution < -0.4 is 79.4 Å². The summed E-state index contributed by atoms with van der Waals surface area (Å²) < 4.78 is 86.4. The summed E-state index contributed by atoms with van der Waals surface area (Å²) in [6.45, 7) is 55.3. The van der Waals surface area contributed by atoms with Crippen LogP contribution >= 0.6 is 34.8 Å². The molecule has 1 aliphatic heterocycles. The van der Waals surface area contributed by atoms with E-state index in [2.05, 4.69) is 245 Å². The van der Waals surface area contributed by atoms with Crippen LogP contribution in [0, 0.1) is 17.5 Å². The zero-order valence-corrected chi connectivity index (χ0v) is 91.4. The lowest BCUT2D eigenvalue weighted by Gasteiger charge is -2.28. The third kappa shape index (κ3) is 55.2. The Balaban J connectivity index is 0.000000282. The molecule has 790 valence electrons. The summed E-state index contributed by atoms with van der Waals surface area (Å²) in [5.41, 5.74) is 25.5. The standard InChI is InChI=1S/C15H22N2O.C13H19N.2C12H18N2O.C12H17NO2.C12H17N.C11H13F4N.C10H13Cl2N.C10H14ClN.C10H13F2N/c1-15(2,3)16-10-11-5-4-6-12(9-11)14(18)17-13-7-8-13;1-10(2)14-13-9-5-7-11-6-3-4-8-12(11)13;1-12(2,3)14-8-9-4-6-10(7-5-9)11(13)15;1-12(2,3)14-8-9-5-4-6-10(7-9)11(13)15;1-9(2)13-8-10-3-4-11-12(7-10)15-6-5-14-11;1-9(2)13-12-7-10-5-3-4-6-11(10)8-12;1-7(2)16-6-8-3-9(11(13,14)15)5-10(12)4-8;1-7(2)13-6-8-3-4-9(11)5-10(8)12;1-8(2)12-7-9-3-5-10(11)6-4-9;1-7(2)13-6-8-3-9(11)5-10(12)4-8/h4-6,9,13,16H,7-8,10H2,1-3H3,(H,17,18);3-4,6,8,10,13-14H,5,7,9H2,1-2H3;2*4-7,14H,8H2,1-3H3,(H2,13,15);3-4,7,9,13H,5-6,8H2,1-2H3;3-6,9,12-13H,7-8H2,1-2H3;3-5,7,16H,6H2,1-2H3;3-5,7,13H,6H2,1-2H3;3-6,8,12H,7H2,1-2H3;3-5,7,13H,6H2,1-2H3/t;13-;;;;;;;;/m.0......../s1. The second-order valence-electron chi connectivity index (χ2n) is 41.7. The largest absolute Gasteiger partial charge is 0.486 e. The van der Waals surface area contributed by atoms with Gasteiger partial charge in [0, 0.05) is 167 Å². The quantitative estimate of drug-likeness (QED) is 0.0195. The van der Waals surface area contributed by atoms with Crippen molar-refractivity contribution < 1.29 is 50.2 Å². The van der Waals surface area contributed by atoms with Crippen LogP contribution in [0.4, 0.5) is 26.3 Å². The number of nitrogens with one attached hydrogen (secondary N) is 11. The molecule has 1 fully saturated rings. The SMILES string of the molecule is CC(C)(C)NCc1ccc(C(N)=O)cc1.CC(C)(C)NCc1cccc(C(=O)NC2CC2)c1.CC(C)(C)NCc1cccc(C(N)=O)c1.CC(C)NC1Cc2ccccc2C1.CC(C)NCc1cc(F)cc(C(F)(F)F)c1.CC(C)NCc1cc(F)cc(F)c1.CC(C)NCc1ccc(Cl)cc1.CC(C)NCc1ccc(Cl)cc1Cl.CC(C)NCc1ccc2c(c1)OCCO2.CC(C)N[C@H]1CCCc2ccccc21. The first-order chi connectivity index (χ1) is 67.6. The predicted octanol–water partition coefficient (Wildman–Crippen LogP) is 25.1. The van der Waals surface area contributed by atoms with Gasteiger partial charge in [0.2, 0.25) is 11.8 Å². The van der Waals surface area contributed by atoms with Gasteiger partial charge in [0.05, 0.1) is 5.56 Å². The molecule has 10 aromatic rings. The third-order valence-corrected chi connectivity index (χ3v) is 22.7. The maximum atomic E-state index is 13.0. The molecule has 0 bridgehead atoms. The van der Waals surface area contributed by atoms with Crippen LogP contribution in [-0.2, 0) is 77.8 Å². The molecule has 10 aromatic carbocycles. The van der Waals surface area contributed by atoms with E-state index < -0.39 is 29.2 Å². The number of alkyl halides is 3. The molecular formula is C117H164Cl3F6N13O5. The van der Waals surface area contributed by atoms with Crippen molar-refractivity contribution in [2.24, 2.45) is 11.5 Å². The Morgan fingerprint density at radius 2 is 0.778 bits per heavy atom. The normalized spacial score (nSPS) is 13.5. The van der Waals surface area contributed by atoms with Gasteiger partial charge in [-0.3, -0.25) is 14.4 Å². The van der Waals surface area contributed by atoms with E-state index in [9.17, 15) is 40.7 Å². The van der Waals surface area contributed by atoms with E-state index in [1.807, 2.05) is 131 Å². The first kappa shape index (κ1) is 125. The van der Waals surface area contributed by atoms with Crippen molar-refractivity contribution in [3.8, 4) is 11.5 Å². The number of hydrogen-bond acceptors (Lipinski definition) is 15. The number of carbonyl (C=O) groups is 3. The fraction of sp³-hybridized carbons (Fsp3) is 0.462. The molecule has 0 aromatic heterocycles. The minimum atomic E-state index is -4.51. The monoisotopic (exact) mass is 2050 g/mol. The van der Waals surface area contributed by atoms with Gasteiger partial charge in [0.25, 0.3) is 5.91 Å². The molecule has 0 unspecified atom stereocenters. The van der Waals surface area contributed by atoms with Gasteiger partial charge >= 0.3 is 6.18 Å². The Labute approximate surface area is 871 Å². The molecule has 3 amide bonds. The molecule has 1 saturated carbocycles. The zero-order chi connectivity index (χ0) is 107. The van der Waals surface area contributed by atoms with E-state index in [0.29, 0.717) is 107 Å². The van der Waals surface area contributed by atoms with Crippen molar-refractivity contribution in [2.75, 3.05) is 13.2 Å². The number of ether oxygens (including phenoxy) is 2. The molecule has 0 radical (unpaired) electrons. The number of carbonyl (C=O) groups excluding carboxylic acids is 3. The molecule has 15 N–H and O–H groups in total. The average Bonchev–Trinajstić information content (AvgIpc) is 1.80. The Hall–Kier alpha value is -9.74. The van der Waals surface area contributed by atoms with Crippen LogP contribution in [0.3, 0.4) is 0 Å². The van der Waals surface area contributed by atoms with Crippen LogP contribution in [0.25, 0.3) is 0 Å². The summed E-state index contributed by atoms with van der Waals surface area (Å²) in [6, 6.07) is 70.6. The number of aryl methyl sites for hydroxylation is 1. The van der Waals surface area contributed by atoms with Crippen LogP contribution in [0.2, 0.25) is 15.1 Å². The van der Waals surface area contributed by atoms with Gasteiger partial charge in [0.15, 0.2) is 11.5 Å². The summed E-state index contributed by atoms with van der Waals surface area (Å²) in [7, 11) is 0. The second-order valence-corrected chi connectivity index (χ2v) is 43.0. The van der Waals surface area contributed by atoms with Crippen LogP contribution in [0.5, 0.6) is 11.5 Å². The number of nitrogens with two attached hydrogens (primary N) is 2. The molecule has 18 nitrogen and oxygen atoms in total. The molecule has 4 aliphatic rings. The number of primary amides is 2. The van der Waals surface area contributed by atoms with Crippen LogP contribution in [-0.4, -0.2) is 102 Å². The molecule has 0 saturated heterocycles. The predicted molar refractivity (Wildman–Crippen MR) is 586 cm³/mol. The number of rotatable bonds is 29. The number of fused-ring (bicyclic) bond motifs is 3. The van der Waals surface area contributed by atoms with Crippen molar-refractivity contribution in [2.45, 2.75) is 340 Å². The lowest BCUT2D eigenvalue weighted by atomic mass is 9.87. The number of halogens is 9. The van der Waals surface area contributed by atoms with Crippen molar-refractivity contribution in [1.29, 1.82) is 0 Å². The highest BCUT2D eigenvalue weighted by molar-refractivity contribution is 6.35. The van der Waals surface area contributed by atoms with Crippen molar-refractivity contribution in [3.63, 3.8) is 0 Å². The van der Waals surface area contributed by atoms with Crippen molar-refractivity contribution in [1.82, 2.24) is 58.5 Å². The van der Waals surface area contributed by atoms with Gasteiger partial charge in [-0.05, 0) is 277 Å². The van der Waals surface area contributed by atoms with Gasteiger partial charge in [-0.25, -0.2) is 13.2 Å². The van der Waals surface area contributed by atoms with Crippen LogP contribution in [0.1, 0.15) is 294 Å². The highest BCUT2D eigenvalue weighted by atomic mass is 35.5. The first-order valence-corrected chi connectivity index (χ1v) is 51.4. The van der Waals surface area contributed by atoms with E-state index in [4.69, 9.17) is 55.7 Å². The first-order valence-electron chi connectivity index (χ1n) is 50.3. The van der Waals surface area contributed by atoms with Crippen molar-refractivity contribution in [3.05, 3.63) is 340 Å². The maximum Gasteiger partial charge on any atom is 0.416 e. The lowest BCUT2D eigenvalue weighted by molar-refractivity contribution is -0.137. The second kappa shape index (κ2) is 63.7. The Morgan fingerprint density at radius 1 is 0.368 bits per heavy atom. The van der Waals surface area contributed by atoms with E-state index in [-0.39, 0.29) is 46.9 Å². The Kier molecular flexibility index (Phi) is 55.2. The number of hydrogen-bond donors (Lipinski definition) is 13. The molecule has 1 atom stereocenters. The van der Waals surface area contributed by atoms with E-state index >= 15 is 0 Å². The molecule has 1 heterocycles. The molecule has 144 heavy (non-hydrogen) atoms. The fourth-order valence-corrected chi connectivity index (χ4v) is 14.8. The minimum absolute atomic E-state index is 0.0510. The van der Waals surface area contributed by atoms with Gasteiger partial charge in [-0.15, -0.1) is 0 Å². The number of amides is 3. The summed E-state index contributed by atoms with van der Waals surface area (Å²) >= 11 is 17.5. The van der Waals surface area contributed by atoms with E-state index in [1.165, 1.54) is 77.6 Å². The minimum Gasteiger partial charge on any atom is -0.486 e. The molecule has 14 rings (SSSR count). The maximum absolute atomic E-state index is 13.0. The summed E-state index contributed by atoms with van der Waals surface area (Å²) in [6.07, 6.45) is 4.01.